The number of hydrogen-bond donors (Lipinski definition) is 2. The number of ether oxygens (including phenoxy) is 2. The first kappa shape index (κ1) is 28.0. The van der Waals surface area contributed by atoms with Gasteiger partial charge < -0.3 is 19.7 Å². The van der Waals surface area contributed by atoms with E-state index in [1.807, 2.05) is 48.5 Å². The molecule has 0 heterocycles. The monoisotopic (exact) mass is 480 g/mol. The second-order valence-corrected chi connectivity index (χ2v) is 9.27. The zero-order chi connectivity index (χ0) is 26.2. The fraction of sp³-hybridized carbons (Fsp3) is 0.379. The predicted molar refractivity (Wildman–Crippen MR) is 137 cm³/mol. The van der Waals surface area contributed by atoms with Gasteiger partial charge in [0.05, 0.1) is 13.2 Å². The molecular formula is C29H36O6. The minimum absolute atomic E-state index is 0.205. The van der Waals surface area contributed by atoms with Crippen molar-refractivity contribution in [2.24, 2.45) is 0 Å². The van der Waals surface area contributed by atoms with E-state index in [2.05, 4.69) is 27.0 Å². The fourth-order valence-corrected chi connectivity index (χ4v) is 3.51. The van der Waals surface area contributed by atoms with Crippen molar-refractivity contribution < 1.29 is 29.3 Å². The number of benzene rings is 2. The largest absolute Gasteiger partial charge is 0.493 e. The van der Waals surface area contributed by atoms with E-state index >= 15 is 0 Å². The zero-order valence-electron chi connectivity index (χ0n) is 21.0. The highest BCUT2D eigenvalue weighted by Gasteiger charge is 2.23. The Labute approximate surface area is 207 Å². The summed E-state index contributed by atoms with van der Waals surface area (Å²) < 4.78 is 11.4. The van der Waals surface area contributed by atoms with Gasteiger partial charge in [-0.15, -0.1) is 0 Å². The summed E-state index contributed by atoms with van der Waals surface area (Å²) in [6, 6.07) is 15.5. The Morgan fingerprint density at radius 2 is 1.06 bits per heavy atom. The molecular weight excluding hydrogens is 444 g/mol. The molecule has 0 spiro atoms. The van der Waals surface area contributed by atoms with Crippen LogP contribution in [0.2, 0.25) is 0 Å². The minimum Gasteiger partial charge on any atom is -0.493 e. The van der Waals surface area contributed by atoms with Crippen molar-refractivity contribution >= 4 is 11.6 Å². The lowest BCUT2D eigenvalue weighted by Gasteiger charge is -2.26. The molecule has 6 nitrogen and oxygen atoms in total. The van der Waals surface area contributed by atoms with Gasteiger partial charge in [0, 0.05) is 18.3 Å². The number of rotatable bonds is 14. The molecule has 2 rings (SSSR count). The third kappa shape index (κ3) is 7.91. The molecule has 188 valence electrons. The predicted octanol–water partition coefficient (Wildman–Crippen LogP) is 4.56. The van der Waals surface area contributed by atoms with Crippen molar-refractivity contribution in [3.63, 3.8) is 0 Å². The number of carbonyl (C=O) groups excluding carboxylic acids is 2. The average Bonchev–Trinajstić information content (AvgIpc) is 2.83. The van der Waals surface area contributed by atoms with E-state index in [1.54, 1.807) is 13.8 Å². The number of aliphatic hydroxyl groups excluding tert-OH is 2. The maximum absolute atomic E-state index is 11.7. The molecule has 0 aliphatic heterocycles. The third-order valence-electron chi connectivity index (χ3n) is 5.92. The Bertz CT molecular complexity index is 950. The van der Waals surface area contributed by atoms with Gasteiger partial charge in [0.15, 0.2) is 11.6 Å². The maximum Gasteiger partial charge on any atom is 0.186 e. The molecule has 6 heteroatoms. The molecule has 2 unspecified atom stereocenters. The first-order valence-corrected chi connectivity index (χ1v) is 11.7. The van der Waals surface area contributed by atoms with E-state index < -0.39 is 12.2 Å². The number of aliphatic hydroxyl groups is 2. The van der Waals surface area contributed by atoms with Crippen LogP contribution in [0.5, 0.6) is 11.5 Å². The van der Waals surface area contributed by atoms with Gasteiger partial charge in [-0.2, -0.15) is 0 Å². The second kappa shape index (κ2) is 12.5. The first-order chi connectivity index (χ1) is 16.4. The summed E-state index contributed by atoms with van der Waals surface area (Å²) >= 11 is 0. The molecule has 2 N–H and O–H groups in total. The number of hydrogen-bond acceptors (Lipinski definition) is 6. The van der Waals surface area contributed by atoms with Crippen LogP contribution in [0, 0.1) is 0 Å². The number of carbonyl (C=O) groups is 2. The lowest BCUT2D eigenvalue weighted by molar-refractivity contribution is -0.124. The molecule has 0 aliphatic rings. The number of ketones is 2. The summed E-state index contributed by atoms with van der Waals surface area (Å²) in [6.45, 7) is 15.0. The van der Waals surface area contributed by atoms with Crippen molar-refractivity contribution in [2.45, 2.75) is 58.2 Å². The summed E-state index contributed by atoms with van der Waals surface area (Å²) in [5.41, 5.74) is 2.58. The quantitative estimate of drug-likeness (QED) is 0.385. The van der Waals surface area contributed by atoms with E-state index in [4.69, 9.17) is 9.47 Å². The van der Waals surface area contributed by atoms with Gasteiger partial charge >= 0.3 is 0 Å². The Morgan fingerprint density at radius 1 is 0.743 bits per heavy atom. The van der Waals surface area contributed by atoms with Crippen molar-refractivity contribution in [3.8, 4) is 11.5 Å². The Balaban J connectivity index is 1.92. The van der Waals surface area contributed by atoms with Gasteiger partial charge in [0.2, 0.25) is 0 Å². The lowest BCUT2D eigenvalue weighted by Crippen LogP contribution is -2.23. The molecule has 0 fully saturated rings. The van der Waals surface area contributed by atoms with Gasteiger partial charge in [-0.05, 0) is 60.4 Å². The smallest absolute Gasteiger partial charge is 0.186 e. The third-order valence-corrected chi connectivity index (χ3v) is 5.92. The van der Waals surface area contributed by atoms with Crippen LogP contribution >= 0.6 is 0 Å². The number of Topliss-reactive ketones (excluding diaryl/α,β-unsaturated/α-hetero) is 2. The Kier molecular flexibility index (Phi) is 9.99. The van der Waals surface area contributed by atoms with Crippen LogP contribution in [0.15, 0.2) is 72.8 Å². The maximum atomic E-state index is 11.7. The topological polar surface area (TPSA) is 93.1 Å². The summed E-state index contributed by atoms with van der Waals surface area (Å²) in [5, 5.41) is 19.7. The average molecular weight is 481 g/mol. The standard InChI is InChI=1S/C29H36O6/c1-19(2)27(32)25(30)15-17-34-23-11-7-21(8-12-23)29(5,6)22-9-13-24(14-10-22)35-18-16-26(31)28(33)20(3)4/h7-14,25-26,30-31H,1,3,15-18H2,2,4-6H3. The van der Waals surface area contributed by atoms with E-state index in [0.717, 1.165) is 11.1 Å². The summed E-state index contributed by atoms with van der Waals surface area (Å²) in [4.78, 5) is 23.4. The zero-order valence-corrected chi connectivity index (χ0v) is 21.0. The summed E-state index contributed by atoms with van der Waals surface area (Å²) in [5.74, 6) is 0.598. The minimum atomic E-state index is -1.10. The molecule has 0 saturated carbocycles. The molecule has 0 amide bonds. The molecule has 0 aromatic heterocycles. The second-order valence-electron chi connectivity index (χ2n) is 9.27. The fourth-order valence-electron chi connectivity index (χ4n) is 3.51. The highest BCUT2D eigenvalue weighted by Crippen LogP contribution is 2.33. The summed E-state index contributed by atoms with van der Waals surface area (Å²) in [7, 11) is 0. The van der Waals surface area contributed by atoms with Gasteiger partial charge in [-0.1, -0.05) is 51.3 Å². The van der Waals surface area contributed by atoms with Crippen LogP contribution in [0.1, 0.15) is 51.7 Å². The Hall–Kier alpha value is -3.22. The summed E-state index contributed by atoms with van der Waals surface area (Å²) in [6.07, 6.45) is -1.78. The molecule has 35 heavy (non-hydrogen) atoms. The van der Waals surface area contributed by atoms with Crippen molar-refractivity contribution in [3.05, 3.63) is 84.0 Å². The van der Waals surface area contributed by atoms with E-state index in [1.165, 1.54) is 0 Å². The van der Waals surface area contributed by atoms with Gasteiger partial charge in [0.1, 0.15) is 23.7 Å². The van der Waals surface area contributed by atoms with Crippen LogP contribution in [0.25, 0.3) is 0 Å². The van der Waals surface area contributed by atoms with E-state index in [9.17, 15) is 19.8 Å². The van der Waals surface area contributed by atoms with E-state index in [-0.39, 0.29) is 43.0 Å². The molecule has 2 aromatic carbocycles. The van der Waals surface area contributed by atoms with Gasteiger partial charge in [-0.25, -0.2) is 0 Å². The highest BCUT2D eigenvalue weighted by atomic mass is 16.5. The highest BCUT2D eigenvalue weighted by molar-refractivity contribution is 5.97. The molecule has 0 aliphatic carbocycles. The molecule has 2 aromatic rings. The van der Waals surface area contributed by atoms with Crippen molar-refractivity contribution in [2.75, 3.05) is 13.2 Å². The molecule has 0 bridgehead atoms. The first-order valence-electron chi connectivity index (χ1n) is 11.7. The van der Waals surface area contributed by atoms with Gasteiger partial charge in [0.25, 0.3) is 0 Å². The van der Waals surface area contributed by atoms with Gasteiger partial charge in [-0.3, -0.25) is 9.59 Å². The van der Waals surface area contributed by atoms with Crippen molar-refractivity contribution in [1.82, 2.24) is 0 Å². The van der Waals surface area contributed by atoms with Crippen LogP contribution in [-0.4, -0.2) is 47.2 Å². The van der Waals surface area contributed by atoms with E-state index in [0.29, 0.717) is 22.6 Å². The van der Waals surface area contributed by atoms with Crippen molar-refractivity contribution in [1.29, 1.82) is 0 Å². The molecule has 0 radical (unpaired) electrons. The normalized spacial score (nSPS) is 13.0. The SMILES string of the molecule is C=C(C)C(=O)C(O)CCOc1ccc(C(C)(C)c2ccc(OCCC(O)C(=O)C(=C)C)cc2)cc1. The molecule has 0 saturated heterocycles. The Morgan fingerprint density at radius 3 is 1.34 bits per heavy atom. The van der Waals surface area contributed by atoms with Crippen LogP contribution in [0.4, 0.5) is 0 Å². The van der Waals surface area contributed by atoms with Crippen LogP contribution in [-0.2, 0) is 15.0 Å². The molecule has 2 atom stereocenters. The lowest BCUT2D eigenvalue weighted by atomic mass is 9.78. The van der Waals surface area contributed by atoms with Crippen LogP contribution < -0.4 is 9.47 Å². The van der Waals surface area contributed by atoms with Crippen LogP contribution in [0.3, 0.4) is 0 Å².